The minimum Gasteiger partial charge on any atom is -0.236 e. The quantitative estimate of drug-likeness (QED) is 0.567. The second kappa shape index (κ2) is 3.83. The summed E-state index contributed by atoms with van der Waals surface area (Å²) in [5.74, 6) is -0.263. The van der Waals surface area contributed by atoms with Crippen LogP contribution >= 0.6 is 27.5 Å². The molecule has 14 heavy (non-hydrogen) atoms. The fourth-order valence-electron chi connectivity index (χ4n) is 1.30. The molecule has 0 aliphatic rings. The average molecular weight is 275 g/mol. The van der Waals surface area contributed by atoms with Crippen LogP contribution in [0.1, 0.15) is 5.56 Å². The van der Waals surface area contributed by atoms with Gasteiger partial charge in [0.15, 0.2) is 0 Å². The largest absolute Gasteiger partial charge is 0.236 e. The van der Waals surface area contributed by atoms with E-state index in [0.29, 0.717) is 21.4 Å². The lowest BCUT2D eigenvalue weighted by atomic mass is 10.1. The van der Waals surface area contributed by atoms with Gasteiger partial charge in [-0.2, -0.15) is 0 Å². The maximum absolute atomic E-state index is 13.5. The number of hydrogen-bond acceptors (Lipinski definition) is 1. The van der Waals surface area contributed by atoms with Crippen LogP contribution in [0.3, 0.4) is 0 Å². The first-order valence-electron chi connectivity index (χ1n) is 4.01. The lowest BCUT2D eigenvalue weighted by Crippen LogP contribution is -1.87. The molecule has 0 unspecified atom stereocenters. The zero-order valence-electron chi connectivity index (χ0n) is 7.10. The number of hydrogen-bond donors (Lipinski definition) is 0. The van der Waals surface area contributed by atoms with E-state index in [1.165, 1.54) is 6.07 Å². The minimum absolute atomic E-state index is 0.263. The maximum atomic E-state index is 13.5. The summed E-state index contributed by atoms with van der Waals surface area (Å²) in [7, 11) is 0. The van der Waals surface area contributed by atoms with Gasteiger partial charge in [-0.05, 0) is 29.8 Å². The molecular formula is C10H6BrClFN. The van der Waals surface area contributed by atoms with Crippen LogP contribution in [0.5, 0.6) is 0 Å². The van der Waals surface area contributed by atoms with E-state index < -0.39 is 0 Å². The molecule has 1 aromatic carbocycles. The highest BCUT2D eigenvalue weighted by Crippen LogP contribution is 2.21. The van der Waals surface area contributed by atoms with E-state index in [0.717, 1.165) is 5.56 Å². The molecule has 0 radical (unpaired) electrons. The van der Waals surface area contributed by atoms with Crippen LogP contribution in [0.2, 0.25) is 5.15 Å². The molecule has 2 rings (SSSR count). The third kappa shape index (κ3) is 1.74. The number of nitrogens with zero attached hydrogens (tertiary/aromatic N) is 1. The predicted molar refractivity (Wildman–Crippen MR) is 59.3 cm³/mol. The Bertz CT molecular complexity index is 487. The molecule has 4 heteroatoms. The van der Waals surface area contributed by atoms with Crippen molar-refractivity contribution >= 4 is 38.4 Å². The molecule has 0 spiro atoms. The molecule has 0 atom stereocenters. The van der Waals surface area contributed by atoms with E-state index in [9.17, 15) is 4.39 Å². The van der Waals surface area contributed by atoms with Crippen molar-refractivity contribution in [2.24, 2.45) is 0 Å². The first-order valence-corrected chi connectivity index (χ1v) is 5.51. The van der Waals surface area contributed by atoms with Crippen molar-refractivity contribution in [1.82, 2.24) is 4.98 Å². The average Bonchev–Trinajstić information content (AvgIpc) is 2.16. The van der Waals surface area contributed by atoms with Crippen LogP contribution in [-0.4, -0.2) is 4.98 Å². The van der Waals surface area contributed by atoms with Crippen molar-refractivity contribution in [1.29, 1.82) is 0 Å². The molecule has 0 aliphatic carbocycles. The number of fused-ring (bicyclic) bond motifs is 1. The number of halogens is 3. The van der Waals surface area contributed by atoms with E-state index in [-0.39, 0.29) is 5.82 Å². The second-order valence-electron chi connectivity index (χ2n) is 2.91. The summed E-state index contributed by atoms with van der Waals surface area (Å²) in [6.07, 6.45) is 0. The number of pyridine rings is 1. The van der Waals surface area contributed by atoms with E-state index >= 15 is 0 Å². The molecule has 0 fully saturated rings. The predicted octanol–water partition coefficient (Wildman–Crippen LogP) is 3.92. The molecule has 0 N–H and O–H groups in total. The van der Waals surface area contributed by atoms with Gasteiger partial charge in [-0.3, -0.25) is 0 Å². The summed E-state index contributed by atoms with van der Waals surface area (Å²) < 4.78 is 13.5. The van der Waals surface area contributed by atoms with Crippen LogP contribution in [0.4, 0.5) is 4.39 Å². The Morgan fingerprint density at radius 3 is 2.86 bits per heavy atom. The number of alkyl halides is 1. The summed E-state index contributed by atoms with van der Waals surface area (Å²) in [6, 6.07) is 6.53. The molecule has 1 aromatic heterocycles. The van der Waals surface area contributed by atoms with Crippen LogP contribution in [0.15, 0.2) is 24.3 Å². The third-order valence-corrected chi connectivity index (χ3v) is 2.79. The SMILES string of the molecule is Fc1cc(CBr)cc2nc(Cl)ccc12. The van der Waals surface area contributed by atoms with Gasteiger partial charge in [0.25, 0.3) is 0 Å². The molecule has 0 saturated carbocycles. The molecule has 72 valence electrons. The first-order chi connectivity index (χ1) is 6.70. The van der Waals surface area contributed by atoms with E-state index in [1.807, 2.05) is 6.07 Å². The highest BCUT2D eigenvalue weighted by Gasteiger charge is 2.04. The van der Waals surface area contributed by atoms with Crippen molar-refractivity contribution in [2.45, 2.75) is 5.33 Å². The highest BCUT2D eigenvalue weighted by molar-refractivity contribution is 9.08. The topological polar surface area (TPSA) is 12.9 Å². The van der Waals surface area contributed by atoms with Crippen molar-refractivity contribution in [3.05, 3.63) is 40.8 Å². The molecule has 0 saturated heterocycles. The van der Waals surface area contributed by atoms with Crippen LogP contribution in [0.25, 0.3) is 10.9 Å². The van der Waals surface area contributed by atoms with Crippen molar-refractivity contribution in [3.63, 3.8) is 0 Å². The summed E-state index contributed by atoms with van der Waals surface area (Å²) in [6.45, 7) is 0. The second-order valence-corrected chi connectivity index (χ2v) is 3.86. The van der Waals surface area contributed by atoms with Crippen LogP contribution in [-0.2, 0) is 5.33 Å². The van der Waals surface area contributed by atoms with Crippen molar-refractivity contribution in [3.8, 4) is 0 Å². The summed E-state index contributed by atoms with van der Waals surface area (Å²) in [5, 5.41) is 1.48. The monoisotopic (exact) mass is 273 g/mol. The lowest BCUT2D eigenvalue weighted by molar-refractivity contribution is 0.638. The molecule has 0 bridgehead atoms. The van der Waals surface area contributed by atoms with E-state index in [1.54, 1.807) is 12.1 Å². The Hall–Kier alpha value is -0.670. The van der Waals surface area contributed by atoms with Gasteiger partial charge >= 0.3 is 0 Å². The molecule has 1 heterocycles. The number of aromatic nitrogens is 1. The molecule has 0 amide bonds. The Labute approximate surface area is 94.0 Å². The van der Waals surface area contributed by atoms with Crippen LogP contribution in [0, 0.1) is 5.82 Å². The highest BCUT2D eigenvalue weighted by atomic mass is 79.9. The van der Waals surface area contributed by atoms with Gasteiger partial charge in [0, 0.05) is 10.7 Å². The van der Waals surface area contributed by atoms with Gasteiger partial charge in [-0.1, -0.05) is 27.5 Å². The molecule has 1 nitrogen and oxygen atoms in total. The first kappa shape index (κ1) is 9.87. The van der Waals surface area contributed by atoms with Gasteiger partial charge in [0.05, 0.1) is 5.52 Å². The van der Waals surface area contributed by atoms with Gasteiger partial charge in [0.2, 0.25) is 0 Å². The Kier molecular flexibility index (Phi) is 2.70. The normalized spacial score (nSPS) is 10.8. The van der Waals surface area contributed by atoms with Gasteiger partial charge in [-0.25, -0.2) is 9.37 Å². The van der Waals surface area contributed by atoms with Crippen LogP contribution < -0.4 is 0 Å². The minimum atomic E-state index is -0.263. The fraction of sp³-hybridized carbons (Fsp3) is 0.100. The summed E-state index contributed by atoms with van der Waals surface area (Å²) in [5.41, 5.74) is 1.44. The summed E-state index contributed by atoms with van der Waals surface area (Å²) >= 11 is 8.99. The number of rotatable bonds is 1. The van der Waals surface area contributed by atoms with E-state index in [2.05, 4.69) is 20.9 Å². The van der Waals surface area contributed by atoms with Crippen molar-refractivity contribution < 1.29 is 4.39 Å². The van der Waals surface area contributed by atoms with Gasteiger partial charge in [0.1, 0.15) is 11.0 Å². The smallest absolute Gasteiger partial charge is 0.132 e. The third-order valence-electron chi connectivity index (χ3n) is 1.94. The fourth-order valence-corrected chi connectivity index (χ4v) is 1.77. The lowest BCUT2D eigenvalue weighted by Gasteiger charge is -2.02. The summed E-state index contributed by atoms with van der Waals surface area (Å²) in [4.78, 5) is 4.05. The molecule has 2 aromatic rings. The Morgan fingerprint density at radius 1 is 1.36 bits per heavy atom. The maximum Gasteiger partial charge on any atom is 0.132 e. The van der Waals surface area contributed by atoms with Gasteiger partial charge in [-0.15, -0.1) is 0 Å². The standard InChI is InChI=1S/C10H6BrClFN/c11-5-6-3-8(13)7-1-2-10(12)14-9(7)4-6/h1-4H,5H2. The Balaban J connectivity index is 2.77. The van der Waals surface area contributed by atoms with Crippen molar-refractivity contribution in [2.75, 3.05) is 0 Å². The van der Waals surface area contributed by atoms with E-state index in [4.69, 9.17) is 11.6 Å². The zero-order chi connectivity index (χ0) is 10.1. The molecular weight excluding hydrogens is 268 g/mol. The zero-order valence-corrected chi connectivity index (χ0v) is 9.44. The number of benzene rings is 1. The van der Waals surface area contributed by atoms with Gasteiger partial charge < -0.3 is 0 Å². The Morgan fingerprint density at radius 2 is 2.14 bits per heavy atom. The molecule has 0 aliphatic heterocycles.